The van der Waals surface area contributed by atoms with Gasteiger partial charge in [0.25, 0.3) is 0 Å². The molecule has 0 atom stereocenters. The van der Waals surface area contributed by atoms with Crippen LogP contribution in [0.15, 0.2) is 27.3 Å². The average Bonchev–Trinajstić information content (AvgIpc) is 2.46. The second-order valence-electron chi connectivity index (χ2n) is 2.60. The molecule has 0 saturated heterocycles. The Hall–Kier alpha value is -0.190. The standard InChI is InChI=1S/C9H7FS3/c1-12-7-2-5(10)3-8-9(7)6(11)4-13-8/h2-4,11H,1H3. The van der Waals surface area contributed by atoms with E-state index in [4.69, 9.17) is 0 Å². The van der Waals surface area contributed by atoms with Crippen LogP contribution in [0, 0.1) is 5.82 Å². The van der Waals surface area contributed by atoms with Gasteiger partial charge in [-0.1, -0.05) is 0 Å². The number of thiophene rings is 1. The highest BCUT2D eigenvalue weighted by Crippen LogP contribution is 2.36. The molecule has 0 bridgehead atoms. The molecule has 13 heavy (non-hydrogen) atoms. The highest BCUT2D eigenvalue weighted by Gasteiger charge is 2.07. The van der Waals surface area contributed by atoms with E-state index in [1.807, 2.05) is 11.6 Å². The monoisotopic (exact) mass is 230 g/mol. The number of hydrogen-bond acceptors (Lipinski definition) is 3. The summed E-state index contributed by atoms with van der Waals surface area (Å²) in [6.07, 6.45) is 1.94. The van der Waals surface area contributed by atoms with E-state index in [9.17, 15) is 4.39 Å². The minimum Gasteiger partial charge on any atom is -0.207 e. The lowest BCUT2D eigenvalue weighted by Gasteiger charge is -2.00. The highest BCUT2D eigenvalue weighted by molar-refractivity contribution is 7.98. The van der Waals surface area contributed by atoms with Gasteiger partial charge in [0.2, 0.25) is 0 Å². The van der Waals surface area contributed by atoms with Crippen molar-refractivity contribution in [1.82, 2.24) is 0 Å². The molecule has 0 fully saturated rings. The molecule has 0 saturated carbocycles. The lowest BCUT2D eigenvalue weighted by molar-refractivity contribution is 0.627. The number of thioether (sulfide) groups is 1. The maximum absolute atomic E-state index is 13.1. The van der Waals surface area contributed by atoms with Gasteiger partial charge in [-0.3, -0.25) is 0 Å². The molecule has 1 aromatic carbocycles. The zero-order chi connectivity index (χ0) is 9.42. The first-order chi connectivity index (χ1) is 6.22. The summed E-state index contributed by atoms with van der Waals surface area (Å²) in [7, 11) is 0. The van der Waals surface area contributed by atoms with Crippen molar-refractivity contribution < 1.29 is 4.39 Å². The Morgan fingerprint density at radius 1 is 1.46 bits per heavy atom. The van der Waals surface area contributed by atoms with E-state index in [0.717, 1.165) is 19.9 Å². The predicted octanol–water partition coefficient (Wildman–Crippen LogP) is 4.05. The fraction of sp³-hybridized carbons (Fsp3) is 0.111. The predicted molar refractivity (Wildman–Crippen MR) is 60.8 cm³/mol. The molecule has 68 valence electrons. The SMILES string of the molecule is CSc1cc(F)cc2scc(S)c12. The normalized spacial score (nSPS) is 11.0. The molecule has 0 unspecified atom stereocenters. The molecule has 4 heteroatoms. The molecule has 0 aliphatic rings. The molecule has 1 heterocycles. The van der Waals surface area contributed by atoms with Crippen molar-refractivity contribution in [2.45, 2.75) is 9.79 Å². The number of rotatable bonds is 1. The summed E-state index contributed by atoms with van der Waals surface area (Å²) in [6.45, 7) is 0. The van der Waals surface area contributed by atoms with E-state index in [-0.39, 0.29) is 5.82 Å². The van der Waals surface area contributed by atoms with Crippen LogP contribution < -0.4 is 0 Å². The van der Waals surface area contributed by atoms with Gasteiger partial charge in [0.15, 0.2) is 0 Å². The average molecular weight is 230 g/mol. The first-order valence-electron chi connectivity index (χ1n) is 3.66. The third-order valence-electron chi connectivity index (χ3n) is 1.80. The lowest BCUT2D eigenvalue weighted by atomic mass is 10.2. The molecular weight excluding hydrogens is 223 g/mol. The third-order valence-corrected chi connectivity index (χ3v) is 4.02. The van der Waals surface area contributed by atoms with Gasteiger partial charge >= 0.3 is 0 Å². The summed E-state index contributed by atoms with van der Waals surface area (Å²) in [5.41, 5.74) is 0. The van der Waals surface area contributed by atoms with Gasteiger partial charge in [0.05, 0.1) is 0 Å². The summed E-state index contributed by atoms with van der Waals surface area (Å²) in [5, 5.41) is 3.01. The largest absolute Gasteiger partial charge is 0.207 e. The number of thiol groups is 1. The van der Waals surface area contributed by atoms with E-state index >= 15 is 0 Å². The Bertz CT molecular complexity index is 447. The molecule has 2 aromatic rings. The molecule has 1 aromatic heterocycles. The minimum atomic E-state index is -0.174. The fourth-order valence-electron chi connectivity index (χ4n) is 1.24. The zero-order valence-electron chi connectivity index (χ0n) is 6.87. The Kier molecular flexibility index (Phi) is 2.53. The Morgan fingerprint density at radius 2 is 2.23 bits per heavy atom. The van der Waals surface area contributed by atoms with Crippen molar-refractivity contribution in [3.05, 3.63) is 23.3 Å². The second kappa shape index (κ2) is 3.52. The van der Waals surface area contributed by atoms with Gasteiger partial charge in [-0.15, -0.1) is 35.7 Å². The second-order valence-corrected chi connectivity index (χ2v) is 4.84. The summed E-state index contributed by atoms with van der Waals surface area (Å²) >= 11 is 7.41. The summed E-state index contributed by atoms with van der Waals surface area (Å²) in [6, 6.07) is 3.11. The summed E-state index contributed by atoms with van der Waals surface area (Å²) < 4.78 is 14.0. The van der Waals surface area contributed by atoms with Gasteiger partial charge in [-0.05, 0) is 18.4 Å². The van der Waals surface area contributed by atoms with Crippen LogP contribution in [0.4, 0.5) is 4.39 Å². The molecule has 0 aliphatic carbocycles. The van der Waals surface area contributed by atoms with Crippen LogP contribution in [-0.2, 0) is 0 Å². The van der Waals surface area contributed by atoms with Crippen LogP contribution in [-0.4, -0.2) is 6.26 Å². The van der Waals surface area contributed by atoms with Crippen molar-refractivity contribution in [3.8, 4) is 0 Å². The van der Waals surface area contributed by atoms with Crippen molar-refractivity contribution in [2.24, 2.45) is 0 Å². The Labute approximate surface area is 89.6 Å². The van der Waals surface area contributed by atoms with Crippen LogP contribution in [0.3, 0.4) is 0 Å². The van der Waals surface area contributed by atoms with Crippen LogP contribution in [0.2, 0.25) is 0 Å². The highest BCUT2D eigenvalue weighted by atomic mass is 32.2. The van der Waals surface area contributed by atoms with E-state index < -0.39 is 0 Å². The maximum atomic E-state index is 13.1. The third kappa shape index (κ3) is 1.58. The van der Waals surface area contributed by atoms with Crippen LogP contribution in [0.25, 0.3) is 10.1 Å². The number of fused-ring (bicyclic) bond motifs is 1. The van der Waals surface area contributed by atoms with Gasteiger partial charge in [-0.25, -0.2) is 4.39 Å². The fourth-order valence-corrected chi connectivity index (χ4v) is 3.39. The van der Waals surface area contributed by atoms with Crippen molar-refractivity contribution in [2.75, 3.05) is 6.26 Å². The van der Waals surface area contributed by atoms with Crippen LogP contribution >= 0.6 is 35.7 Å². The van der Waals surface area contributed by atoms with E-state index in [1.165, 1.54) is 11.3 Å². The van der Waals surface area contributed by atoms with Crippen molar-refractivity contribution in [1.29, 1.82) is 0 Å². The van der Waals surface area contributed by atoms with E-state index in [0.29, 0.717) is 0 Å². The number of hydrogen-bond donors (Lipinski definition) is 1. The van der Waals surface area contributed by atoms with Crippen LogP contribution in [0.1, 0.15) is 0 Å². The summed E-state index contributed by atoms with van der Waals surface area (Å²) in [4.78, 5) is 1.89. The maximum Gasteiger partial charge on any atom is 0.125 e. The van der Waals surface area contributed by atoms with Crippen LogP contribution in [0.5, 0.6) is 0 Å². The van der Waals surface area contributed by atoms with Gasteiger partial charge in [-0.2, -0.15) is 0 Å². The quantitative estimate of drug-likeness (QED) is 0.569. The first-order valence-corrected chi connectivity index (χ1v) is 6.21. The molecule has 0 nitrogen and oxygen atoms in total. The minimum absolute atomic E-state index is 0.174. The van der Waals surface area contributed by atoms with Crippen molar-refractivity contribution in [3.63, 3.8) is 0 Å². The molecule has 0 spiro atoms. The lowest BCUT2D eigenvalue weighted by Crippen LogP contribution is -1.77. The molecule has 0 amide bonds. The van der Waals surface area contributed by atoms with E-state index in [1.54, 1.807) is 23.9 Å². The smallest absolute Gasteiger partial charge is 0.125 e. The van der Waals surface area contributed by atoms with Gasteiger partial charge in [0.1, 0.15) is 5.82 Å². The van der Waals surface area contributed by atoms with Crippen molar-refractivity contribution >= 4 is 45.8 Å². The Morgan fingerprint density at radius 3 is 2.92 bits per heavy atom. The zero-order valence-corrected chi connectivity index (χ0v) is 9.40. The van der Waals surface area contributed by atoms with E-state index in [2.05, 4.69) is 12.6 Å². The first kappa shape index (κ1) is 9.37. The Balaban J connectivity index is 2.85. The topological polar surface area (TPSA) is 0 Å². The summed E-state index contributed by atoms with van der Waals surface area (Å²) in [5.74, 6) is -0.174. The molecular formula is C9H7FS3. The number of benzene rings is 1. The molecule has 0 aliphatic heterocycles. The molecule has 0 radical (unpaired) electrons. The molecule has 2 rings (SSSR count). The van der Waals surface area contributed by atoms with Gasteiger partial charge in [0, 0.05) is 25.3 Å². The van der Waals surface area contributed by atoms with Gasteiger partial charge < -0.3 is 0 Å². The molecule has 0 N–H and O–H groups in total. The number of halogens is 1.